The molecule has 0 heterocycles. The summed E-state index contributed by atoms with van der Waals surface area (Å²) in [5.74, 6) is -2.14. The number of aliphatic imine (C=N–C) groups is 2. The van der Waals surface area contributed by atoms with Crippen LogP contribution in [-0.4, -0.2) is 52.6 Å². The van der Waals surface area contributed by atoms with Crippen LogP contribution < -0.4 is 28.3 Å². The maximum Gasteiger partial charge on any atom is 0.326 e. The minimum absolute atomic E-state index is 0.0245. The predicted octanol–water partition coefficient (Wildman–Crippen LogP) is -2.19. The molecule has 0 aromatic heterocycles. The Morgan fingerprint density at radius 1 is 1.08 bits per heavy atom. The van der Waals surface area contributed by atoms with Gasteiger partial charge in [-0.05, 0) is 17.7 Å². The number of hydrogen-bond acceptors (Lipinski definition) is 5. The number of guanidine groups is 2. The summed E-state index contributed by atoms with van der Waals surface area (Å²) in [6.45, 7) is -0.0245. The number of nitrogens with zero attached hydrogens (tertiary/aromatic N) is 2. The molecule has 0 aliphatic heterocycles. The fraction of sp³-hybridized carbons (Fsp3) is 0.333. The van der Waals surface area contributed by atoms with Crippen molar-refractivity contribution in [3.63, 3.8) is 0 Å². The maximum atomic E-state index is 12.2. The van der Waals surface area contributed by atoms with Crippen molar-refractivity contribution in [1.82, 2.24) is 5.32 Å². The predicted molar refractivity (Wildman–Crippen MR) is 96.3 cm³/mol. The van der Waals surface area contributed by atoms with Crippen LogP contribution in [0.1, 0.15) is 12.0 Å². The molecule has 0 unspecified atom stereocenters. The first-order valence-electron chi connectivity index (χ1n) is 7.61. The molecule has 26 heavy (non-hydrogen) atoms. The highest BCUT2D eigenvalue weighted by Gasteiger charge is 2.22. The van der Waals surface area contributed by atoms with Crippen LogP contribution in [0.25, 0.3) is 0 Å². The van der Waals surface area contributed by atoms with Crippen molar-refractivity contribution in [2.24, 2.45) is 32.9 Å². The zero-order valence-corrected chi connectivity index (χ0v) is 14.0. The SMILES string of the molecule is NC(N)=NC[C@@H](CC(=O)N[C@@H](Cc1ccc(O)cc1)C(=O)O)N=C(N)N. The van der Waals surface area contributed by atoms with Gasteiger partial charge in [-0.1, -0.05) is 12.1 Å². The van der Waals surface area contributed by atoms with E-state index in [0.29, 0.717) is 5.56 Å². The number of hydrogen-bond donors (Lipinski definition) is 7. The summed E-state index contributed by atoms with van der Waals surface area (Å²) >= 11 is 0. The van der Waals surface area contributed by atoms with Gasteiger partial charge in [0.2, 0.25) is 5.91 Å². The summed E-state index contributed by atoms with van der Waals surface area (Å²) in [4.78, 5) is 31.2. The maximum absolute atomic E-state index is 12.2. The summed E-state index contributed by atoms with van der Waals surface area (Å²) in [5, 5.41) is 21.0. The highest BCUT2D eigenvalue weighted by atomic mass is 16.4. The summed E-state index contributed by atoms with van der Waals surface area (Å²) in [7, 11) is 0. The first-order chi connectivity index (χ1) is 12.2. The van der Waals surface area contributed by atoms with Crippen molar-refractivity contribution in [2.45, 2.75) is 24.9 Å². The largest absolute Gasteiger partial charge is 0.508 e. The molecule has 1 aromatic carbocycles. The molecule has 0 aliphatic rings. The molecular weight excluding hydrogens is 342 g/mol. The molecule has 1 rings (SSSR count). The lowest BCUT2D eigenvalue weighted by atomic mass is 10.1. The number of phenols is 1. The highest BCUT2D eigenvalue weighted by Crippen LogP contribution is 2.11. The molecular formula is C15H23N7O4. The molecule has 11 heteroatoms. The number of nitrogens with two attached hydrogens (primary N) is 4. The van der Waals surface area contributed by atoms with Crippen molar-refractivity contribution in [3.8, 4) is 5.75 Å². The molecule has 11 nitrogen and oxygen atoms in total. The van der Waals surface area contributed by atoms with E-state index in [1.54, 1.807) is 12.1 Å². The van der Waals surface area contributed by atoms with E-state index in [2.05, 4.69) is 15.3 Å². The second-order valence-corrected chi connectivity index (χ2v) is 5.51. The van der Waals surface area contributed by atoms with Gasteiger partial charge in [0.25, 0.3) is 0 Å². The van der Waals surface area contributed by atoms with Gasteiger partial charge >= 0.3 is 5.97 Å². The molecule has 1 amide bonds. The smallest absolute Gasteiger partial charge is 0.326 e. The van der Waals surface area contributed by atoms with Gasteiger partial charge in [-0.2, -0.15) is 0 Å². The summed E-state index contributed by atoms with van der Waals surface area (Å²) in [5.41, 5.74) is 21.7. The van der Waals surface area contributed by atoms with Crippen molar-refractivity contribution >= 4 is 23.8 Å². The lowest BCUT2D eigenvalue weighted by molar-refractivity contribution is -0.141. The summed E-state index contributed by atoms with van der Waals surface area (Å²) in [6, 6.07) is 4.11. The van der Waals surface area contributed by atoms with E-state index in [1.165, 1.54) is 12.1 Å². The van der Waals surface area contributed by atoms with Crippen LogP contribution in [-0.2, 0) is 16.0 Å². The Morgan fingerprint density at radius 3 is 2.19 bits per heavy atom. The van der Waals surface area contributed by atoms with E-state index in [-0.39, 0.29) is 37.1 Å². The van der Waals surface area contributed by atoms with E-state index >= 15 is 0 Å². The molecule has 0 saturated carbocycles. The van der Waals surface area contributed by atoms with E-state index in [9.17, 15) is 19.8 Å². The van der Waals surface area contributed by atoms with Gasteiger partial charge in [0.05, 0.1) is 19.0 Å². The van der Waals surface area contributed by atoms with Gasteiger partial charge in [0, 0.05) is 6.42 Å². The molecule has 1 aromatic rings. The van der Waals surface area contributed by atoms with Gasteiger partial charge in [-0.15, -0.1) is 0 Å². The molecule has 11 N–H and O–H groups in total. The lowest BCUT2D eigenvalue weighted by Gasteiger charge is -2.16. The van der Waals surface area contributed by atoms with Crippen molar-refractivity contribution in [1.29, 1.82) is 0 Å². The van der Waals surface area contributed by atoms with Crippen LogP contribution in [0.3, 0.4) is 0 Å². The molecule has 0 saturated heterocycles. The number of aliphatic carboxylic acids is 1. The molecule has 0 radical (unpaired) electrons. The van der Waals surface area contributed by atoms with E-state index in [1.807, 2.05) is 0 Å². The number of amides is 1. The number of benzene rings is 1. The number of nitrogens with one attached hydrogen (secondary N) is 1. The Morgan fingerprint density at radius 2 is 1.69 bits per heavy atom. The molecule has 0 fully saturated rings. The summed E-state index contributed by atoms with van der Waals surface area (Å²) in [6.07, 6.45) is -0.156. The third-order valence-electron chi connectivity index (χ3n) is 3.25. The molecule has 142 valence electrons. The number of rotatable bonds is 9. The number of aromatic hydroxyl groups is 1. The van der Waals surface area contributed by atoms with Gasteiger partial charge < -0.3 is 38.5 Å². The van der Waals surface area contributed by atoms with Gasteiger partial charge in [-0.25, -0.2) is 9.79 Å². The summed E-state index contributed by atoms with van der Waals surface area (Å²) < 4.78 is 0. The lowest BCUT2D eigenvalue weighted by Crippen LogP contribution is -2.43. The second kappa shape index (κ2) is 9.71. The van der Waals surface area contributed by atoms with E-state index in [0.717, 1.165) is 0 Å². The molecule has 0 aliphatic carbocycles. The zero-order chi connectivity index (χ0) is 19.7. The van der Waals surface area contributed by atoms with Gasteiger partial charge in [0.1, 0.15) is 11.8 Å². The molecule has 2 atom stereocenters. The number of carbonyl (C=O) groups excluding carboxylic acids is 1. The Bertz CT molecular complexity index is 680. The third kappa shape index (κ3) is 7.86. The molecule has 0 bridgehead atoms. The highest BCUT2D eigenvalue weighted by molar-refractivity contribution is 5.84. The van der Waals surface area contributed by atoms with E-state index in [4.69, 9.17) is 22.9 Å². The quantitative estimate of drug-likeness (QED) is 0.188. The zero-order valence-electron chi connectivity index (χ0n) is 14.0. The van der Waals surface area contributed by atoms with Gasteiger partial charge in [-0.3, -0.25) is 9.79 Å². The van der Waals surface area contributed by atoms with Crippen LogP contribution >= 0.6 is 0 Å². The monoisotopic (exact) mass is 365 g/mol. The molecule has 0 spiro atoms. The minimum Gasteiger partial charge on any atom is -0.508 e. The first kappa shape index (κ1) is 20.5. The van der Waals surface area contributed by atoms with Crippen LogP contribution in [0.15, 0.2) is 34.3 Å². The van der Waals surface area contributed by atoms with Crippen molar-refractivity contribution in [3.05, 3.63) is 29.8 Å². The van der Waals surface area contributed by atoms with Crippen LogP contribution in [0.5, 0.6) is 5.75 Å². The van der Waals surface area contributed by atoms with Crippen molar-refractivity contribution in [2.75, 3.05) is 6.54 Å². The van der Waals surface area contributed by atoms with E-state index < -0.39 is 24.0 Å². The number of phenolic OH excluding ortho intramolecular Hbond substituents is 1. The Labute approximate surface area is 149 Å². The Hall–Kier alpha value is -3.50. The fourth-order valence-electron chi connectivity index (χ4n) is 2.11. The van der Waals surface area contributed by atoms with Crippen LogP contribution in [0.4, 0.5) is 0 Å². The Kier molecular flexibility index (Phi) is 7.67. The average Bonchev–Trinajstić information content (AvgIpc) is 2.53. The number of carboxylic acid groups (broad SMARTS) is 1. The topological polar surface area (TPSA) is 215 Å². The number of carbonyl (C=O) groups is 2. The number of carboxylic acids is 1. The van der Waals surface area contributed by atoms with Crippen molar-refractivity contribution < 1.29 is 19.8 Å². The second-order valence-electron chi connectivity index (χ2n) is 5.51. The standard InChI is InChI=1S/C15H23N7O4/c16-14(17)20-7-9(21-15(18)19)6-12(24)22-11(13(25)26)5-8-1-3-10(23)4-2-8/h1-4,9,11,23H,5-7H2,(H,22,24)(H,25,26)(H4,16,17,20)(H4,18,19,21)/t9-,11+/m1/s1. The van der Waals surface area contributed by atoms with Gasteiger partial charge in [0.15, 0.2) is 11.9 Å². The van der Waals surface area contributed by atoms with Crippen LogP contribution in [0, 0.1) is 0 Å². The minimum atomic E-state index is -1.20. The normalized spacial score (nSPS) is 12.5. The Balaban J connectivity index is 2.75. The van der Waals surface area contributed by atoms with Crippen LogP contribution in [0.2, 0.25) is 0 Å². The third-order valence-corrected chi connectivity index (χ3v) is 3.25. The first-order valence-corrected chi connectivity index (χ1v) is 7.61. The average molecular weight is 365 g/mol. The fourth-order valence-corrected chi connectivity index (χ4v) is 2.11.